The Morgan fingerprint density at radius 3 is 2.37 bits per heavy atom. The van der Waals surface area contributed by atoms with Crippen LogP contribution in [-0.4, -0.2) is 7.05 Å². The molecule has 2 aromatic carbocycles. The number of halogens is 3. The van der Waals surface area contributed by atoms with E-state index in [-0.39, 0.29) is 11.6 Å². The fraction of sp³-hybridized carbons (Fsp3) is 0.200. The van der Waals surface area contributed by atoms with Gasteiger partial charge in [-0.05, 0) is 18.2 Å². The Bertz CT molecular complexity index is 572. The van der Waals surface area contributed by atoms with Crippen molar-refractivity contribution in [2.45, 2.75) is 11.9 Å². The van der Waals surface area contributed by atoms with Crippen LogP contribution >= 0.6 is 15.9 Å². The molecule has 0 N–H and O–H groups in total. The van der Waals surface area contributed by atoms with Gasteiger partial charge in [-0.1, -0.05) is 40.2 Å². The average molecular weight is 326 g/mol. The number of nitrogens with zero attached hydrogens (tertiary/aromatic N) is 1. The highest BCUT2D eigenvalue weighted by atomic mass is 79.9. The van der Waals surface area contributed by atoms with Crippen molar-refractivity contribution in [3.8, 4) is 0 Å². The summed E-state index contributed by atoms with van der Waals surface area (Å²) in [5, 5.41) is 0.427. The molecule has 0 radical (unpaired) electrons. The molecular formula is C15H14BrF2N. The summed E-state index contributed by atoms with van der Waals surface area (Å²) in [6.45, 7) is 0.399. The van der Waals surface area contributed by atoms with E-state index in [4.69, 9.17) is 0 Å². The summed E-state index contributed by atoms with van der Waals surface area (Å²) >= 11 is 3.29. The molecule has 0 aliphatic carbocycles. The second kappa shape index (κ2) is 6.15. The average Bonchev–Trinajstić information content (AvgIpc) is 2.41. The van der Waals surface area contributed by atoms with Crippen molar-refractivity contribution < 1.29 is 8.78 Å². The van der Waals surface area contributed by atoms with E-state index in [0.717, 1.165) is 5.69 Å². The van der Waals surface area contributed by atoms with E-state index in [0.29, 0.717) is 23.0 Å². The van der Waals surface area contributed by atoms with Crippen LogP contribution in [0, 0.1) is 11.6 Å². The lowest BCUT2D eigenvalue weighted by molar-refractivity contribution is 0.605. The second-order valence-electron chi connectivity index (χ2n) is 4.32. The number of hydrogen-bond donors (Lipinski definition) is 0. The molecule has 0 unspecified atom stereocenters. The van der Waals surface area contributed by atoms with Crippen molar-refractivity contribution in [2.75, 3.05) is 11.9 Å². The Hall–Kier alpha value is -1.42. The smallest absolute Gasteiger partial charge is 0.129 e. The van der Waals surface area contributed by atoms with Gasteiger partial charge in [-0.15, -0.1) is 0 Å². The van der Waals surface area contributed by atoms with Gasteiger partial charge in [0.15, 0.2) is 0 Å². The molecule has 4 heteroatoms. The molecule has 0 spiro atoms. The highest BCUT2D eigenvalue weighted by Gasteiger charge is 2.12. The number of alkyl halides is 1. The fourth-order valence-corrected chi connectivity index (χ4v) is 2.56. The lowest BCUT2D eigenvalue weighted by Crippen LogP contribution is -2.19. The van der Waals surface area contributed by atoms with Gasteiger partial charge in [-0.3, -0.25) is 0 Å². The first-order valence-electron chi connectivity index (χ1n) is 5.91. The summed E-state index contributed by atoms with van der Waals surface area (Å²) in [7, 11) is 1.83. The molecule has 0 amide bonds. The van der Waals surface area contributed by atoms with Gasteiger partial charge in [-0.25, -0.2) is 8.78 Å². The van der Waals surface area contributed by atoms with Crippen molar-refractivity contribution in [2.24, 2.45) is 0 Å². The molecule has 0 fully saturated rings. The molecule has 0 heterocycles. The Kier molecular flexibility index (Phi) is 4.53. The van der Waals surface area contributed by atoms with Gasteiger partial charge in [0.25, 0.3) is 0 Å². The van der Waals surface area contributed by atoms with Gasteiger partial charge < -0.3 is 4.90 Å². The van der Waals surface area contributed by atoms with Crippen LogP contribution in [0.25, 0.3) is 0 Å². The maximum atomic E-state index is 13.7. The largest absolute Gasteiger partial charge is 0.370 e. The number of hydrogen-bond acceptors (Lipinski definition) is 1. The normalized spacial score (nSPS) is 10.5. The number of rotatable bonds is 4. The molecule has 0 atom stereocenters. The molecule has 0 aliphatic heterocycles. The minimum Gasteiger partial charge on any atom is -0.370 e. The molecule has 0 saturated carbocycles. The summed E-state index contributed by atoms with van der Waals surface area (Å²) in [4.78, 5) is 1.85. The highest BCUT2D eigenvalue weighted by molar-refractivity contribution is 9.08. The Balaban J connectivity index is 2.28. The van der Waals surface area contributed by atoms with E-state index in [9.17, 15) is 8.78 Å². The Labute approximate surface area is 120 Å². The minimum atomic E-state index is -0.255. The van der Waals surface area contributed by atoms with E-state index in [1.807, 2.05) is 18.0 Å². The van der Waals surface area contributed by atoms with Crippen LogP contribution in [0.5, 0.6) is 0 Å². The number of anilines is 1. The third kappa shape index (κ3) is 3.13. The minimum absolute atomic E-state index is 0.244. The topological polar surface area (TPSA) is 3.24 Å². The molecule has 2 rings (SSSR count). The van der Waals surface area contributed by atoms with Crippen LogP contribution in [0.15, 0.2) is 42.5 Å². The molecule has 0 aliphatic rings. The van der Waals surface area contributed by atoms with E-state index in [1.165, 1.54) is 12.1 Å². The molecule has 0 saturated heterocycles. The lowest BCUT2D eigenvalue weighted by Gasteiger charge is -2.22. The fourth-order valence-electron chi connectivity index (χ4n) is 2.00. The van der Waals surface area contributed by atoms with Crippen molar-refractivity contribution in [3.05, 3.63) is 65.2 Å². The monoisotopic (exact) mass is 325 g/mol. The third-order valence-corrected chi connectivity index (χ3v) is 3.57. The van der Waals surface area contributed by atoms with Crippen LogP contribution in [0.2, 0.25) is 0 Å². The number of benzene rings is 2. The molecule has 2 aromatic rings. The first kappa shape index (κ1) is 14.0. The van der Waals surface area contributed by atoms with Gasteiger partial charge >= 0.3 is 0 Å². The SMILES string of the molecule is CN(Cc1ccccc1F)c1cccc(F)c1CBr. The summed E-state index contributed by atoms with van der Waals surface area (Å²) in [5.74, 6) is -0.499. The first-order valence-corrected chi connectivity index (χ1v) is 7.03. The predicted molar refractivity (Wildman–Crippen MR) is 77.5 cm³/mol. The molecule has 0 aromatic heterocycles. The zero-order chi connectivity index (χ0) is 13.8. The van der Waals surface area contributed by atoms with Crippen LogP contribution < -0.4 is 4.90 Å². The predicted octanol–water partition coefficient (Wildman–Crippen LogP) is 4.50. The summed E-state index contributed by atoms with van der Waals surface area (Å²) in [6, 6.07) is 11.5. The van der Waals surface area contributed by atoms with E-state index in [1.54, 1.807) is 24.3 Å². The lowest BCUT2D eigenvalue weighted by atomic mass is 10.1. The van der Waals surface area contributed by atoms with Gasteiger partial charge in [0.2, 0.25) is 0 Å². The van der Waals surface area contributed by atoms with Crippen molar-refractivity contribution >= 4 is 21.6 Å². The zero-order valence-corrected chi connectivity index (χ0v) is 12.1. The molecule has 0 bridgehead atoms. The van der Waals surface area contributed by atoms with Crippen LogP contribution in [0.4, 0.5) is 14.5 Å². The van der Waals surface area contributed by atoms with Gasteiger partial charge in [0, 0.05) is 35.7 Å². The van der Waals surface area contributed by atoms with Crippen molar-refractivity contribution in [3.63, 3.8) is 0 Å². The van der Waals surface area contributed by atoms with Crippen LogP contribution in [0.1, 0.15) is 11.1 Å². The maximum Gasteiger partial charge on any atom is 0.129 e. The summed E-state index contributed by atoms with van der Waals surface area (Å²) in [6.07, 6.45) is 0. The second-order valence-corrected chi connectivity index (χ2v) is 4.88. The van der Waals surface area contributed by atoms with Gasteiger partial charge in [0.05, 0.1) is 0 Å². The highest BCUT2D eigenvalue weighted by Crippen LogP contribution is 2.26. The third-order valence-electron chi connectivity index (χ3n) is 3.00. The van der Waals surface area contributed by atoms with E-state index < -0.39 is 0 Å². The molecule has 100 valence electrons. The Morgan fingerprint density at radius 2 is 1.68 bits per heavy atom. The summed E-state index contributed by atoms with van der Waals surface area (Å²) < 4.78 is 27.3. The first-order chi connectivity index (χ1) is 9.13. The van der Waals surface area contributed by atoms with Gasteiger partial charge in [0.1, 0.15) is 11.6 Å². The van der Waals surface area contributed by atoms with E-state index in [2.05, 4.69) is 15.9 Å². The zero-order valence-electron chi connectivity index (χ0n) is 10.5. The maximum absolute atomic E-state index is 13.7. The Morgan fingerprint density at radius 1 is 1.00 bits per heavy atom. The quantitative estimate of drug-likeness (QED) is 0.748. The van der Waals surface area contributed by atoms with Crippen LogP contribution in [0.3, 0.4) is 0 Å². The molecular weight excluding hydrogens is 312 g/mol. The van der Waals surface area contributed by atoms with E-state index >= 15 is 0 Å². The molecule has 1 nitrogen and oxygen atoms in total. The van der Waals surface area contributed by atoms with Crippen molar-refractivity contribution in [1.29, 1.82) is 0 Å². The summed E-state index contributed by atoms with van der Waals surface area (Å²) in [5.41, 5.74) is 1.94. The standard InChI is InChI=1S/C15H14BrF2N/c1-19(10-11-5-2-3-6-13(11)17)15-8-4-7-14(18)12(15)9-16/h2-8H,9-10H2,1H3. The van der Waals surface area contributed by atoms with Crippen LogP contribution in [-0.2, 0) is 11.9 Å². The van der Waals surface area contributed by atoms with Gasteiger partial charge in [-0.2, -0.15) is 0 Å². The van der Waals surface area contributed by atoms with Crippen molar-refractivity contribution in [1.82, 2.24) is 0 Å². The molecule has 19 heavy (non-hydrogen) atoms.